The molecular formula is C25H21N5OS. The maximum atomic E-state index is 13.3. The van der Waals surface area contributed by atoms with Crippen LogP contribution >= 0.6 is 11.3 Å². The summed E-state index contributed by atoms with van der Waals surface area (Å²) in [6.45, 7) is 4.67. The van der Waals surface area contributed by atoms with Gasteiger partial charge in [0.15, 0.2) is 5.13 Å². The number of hydrogen-bond acceptors (Lipinski definition) is 5. The smallest absolute Gasteiger partial charge is 0.261 e. The Kier molecular flexibility index (Phi) is 5.25. The Balaban J connectivity index is 1.49. The van der Waals surface area contributed by atoms with E-state index in [4.69, 9.17) is 5.10 Å². The van der Waals surface area contributed by atoms with Crippen molar-refractivity contribution in [2.24, 2.45) is 0 Å². The number of pyridine rings is 1. The van der Waals surface area contributed by atoms with E-state index in [0.29, 0.717) is 22.9 Å². The van der Waals surface area contributed by atoms with E-state index in [1.807, 2.05) is 49.4 Å². The number of fused-ring (bicyclic) bond motifs is 1. The van der Waals surface area contributed by atoms with Crippen LogP contribution in [-0.4, -0.2) is 25.7 Å². The zero-order chi connectivity index (χ0) is 22.1. The molecule has 1 amide bonds. The Morgan fingerprint density at radius 1 is 1.09 bits per heavy atom. The van der Waals surface area contributed by atoms with Crippen molar-refractivity contribution < 1.29 is 4.79 Å². The number of rotatable bonds is 5. The molecule has 0 aliphatic carbocycles. The molecule has 3 heterocycles. The Morgan fingerprint density at radius 2 is 1.94 bits per heavy atom. The van der Waals surface area contributed by atoms with Crippen LogP contribution in [0.5, 0.6) is 0 Å². The van der Waals surface area contributed by atoms with E-state index in [1.165, 1.54) is 16.9 Å². The zero-order valence-electron chi connectivity index (χ0n) is 17.7. The maximum absolute atomic E-state index is 13.3. The van der Waals surface area contributed by atoms with E-state index in [-0.39, 0.29) is 5.91 Å². The van der Waals surface area contributed by atoms with E-state index in [9.17, 15) is 4.79 Å². The molecule has 0 saturated carbocycles. The molecule has 0 fully saturated rings. The molecule has 7 heteroatoms. The van der Waals surface area contributed by atoms with Gasteiger partial charge in [-0.1, -0.05) is 47.7 Å². The van der Waals surface area contributed by atoms with Gasteiger partial charge in [-0.2, -0.15) is 5.10 Å². The summed E-state index contributed by atoms with van der Waals surface area (Å²) in [6, 6.07) is 18.0. The van der Waals surface area contributed by atoms with Crippen LogP contribution in [0.2, 0.25) is 0 Å². The van der Waals surface area contributed by atoms with E-state index < -0.39 is 0 Å². The molecule has 32 heavy (non-hydrogen) atoms. The number of nitrogens with zero attached hydrogens (tertiary/aromatic N) is 4. The highest BCUT2D eigenvalue weighted by atomic mass is 32.1. The van der Waals surface area contributed by atoms with Gasteiger partial charge in [-0.3, -0.25) is 19.8 Å². The number of carbonyl (C=O) groups excluding carboxylic acids is 1. The minimum absolute atomic E-state index is 0.239. The molecule has 6 nitrogen and oxygen atoms in total. The number of carbonyl (C=O) groups is 1. The average molecular weight is 440 g/mol. The maximum Gasteiger partial charge on any atom is 0.261 e. The SMILES string of the molecule is Cc1cc(C)c2nc(NC(=O)c3cn(Cc4ccccc4)nc3-c3cccnc3)sc2c1. The Morgan fingerprint density at radius 3 is 2.72 bits per heavy atom. The van der Waals surface area contributed by atoms with Gasteiger partial charge in [-0.05, 0) is 48.7 Å². The fourth-order valence-corrected chi connectivity index (χ4v) is 4.78. The van der Waals surface area contributed by atoms with Gasteiger partial charge in [0.1, 0.15) is 5.69 Å². The van der Waals surface area contributed by atoms with Crippen molar-refractivity contribution in [1.29, 1.82) is 0 Å². The summed E-state index contributed by atoms with van der Waals surface area (Å²) in [6.07, 6.45) is 5.21. The second-order valence-corrected chi connectivity index (χ2v) is 8.75. The highest BCUT2D eigenvalue weighted by Crippen LogP contribution is 2.30. The molecule has 3 aromatic heterocycles. The minimum Gasteiger partial charge on any atom is -0.298 e. The van der Waals surface area contributed by atoms with Crippen LogP contribution in [0.25, 0.3) is 21.5 Å². The van der Waals surface area contributed by atoms with Gasteiger partial charge in [0.25, 0.3) is 5.91 Å². The number of thiazole rings is 1. The number of hydrogen-bond donors (Lipinski definition) is 1. The molecule has 0 spiro atoms. The number of nitrogens with one attached hydrogen (secondary N) is 1. The van der Waals surface area contributed by atoms with Crippen LogP contribution in [0.1, 0.15) is 27.0 Å². The van der Waals surface area contributed by atoms with Crippen LogP contribution in [0.4, 0.5) is 5.13 Å². The van der Waals surface area contributed by atoms with Crippen molar-refractivity contribution in [2.75, 3.05) is 5.32 Å². The summed E-state index contributed by atoms with van der Waals surface area (Å²) in [7, 11) is 0. The van der Waals surface area contributed by atoms with Gasteiger partial charge in [-0.15, -0.1) is 0 Å². The number of aromatic nitrogens is 4. The molecule has 0 aliphatic rings. The first-order chi connectivity index (χ1) is 15.6. The van der Waals surface area contributed by atoms with E-state index in [2.05, 4.69) is 34.3 Å². The fourth-order valence-electron chi connectivity index (χ4n) is 3.74. The standard InChI is InChI=1S/C25H21N5OS/c1-16-11-17(2)22-21(12-16)32-25(27-22)28-24(31)20-15-30(14-18-7-4-3-5-8-18)29-23(20)19-9-6-10-26-13-19/h3-13,15H,14H2,1-2H3,(H,27,28,31). The molecule has 0 bridgehead atoms. The fraction of sp³-hybridized carbons (Fsp3) is 0.120. The predicted molar refractivity (Wildman–Crippen MR) is 128 cm³/mol. The van der Waals surface area contributed by atoms with Gasteiger partial charge < -0.3 is 0 Å². The molecule has 5 aromatic rings. The first kappa shape index (κ1) is 20.1. The van der Waals surface area contributed by atoms with Crippen molar-refractivity contribution in [1.82, 2.24) is 19.7 Å². The molecule has 5 rings (SSSR count). The van der Waals surface area contributed by atoms with Crippen LogP contribution in [-0.2, 0) is 6.54 Å². The summed E-state index contributed by atoms with van der Waals surface area (Å²) < 4.78 is 2.85. The molecule has 0 atom stereocenters. The van der Waals surface area contributed by atoms with Gasteiger partial charge in [-0.25, -0.2) is 4.98 Å². The highest BCUT2D eigenvalue weighted by molar-refractivity contribution is 7.22. The van der Waals surface area contributed by atoms with Crippen molar-refractivity contribution in [3.8, 4) is 11.3 Å². The zero-order valence-corrected chi connectivity index (χ0v) is 18.6. The predicted octanol–water partition coefficient (Wildman–Crippen LogP) is 5.47. The minimum atomic E-state index is -0.239. The Labute approximate surface area is 189 Å². The molecule has 2 aromatic carbocycles. The monoisotopic (exact) mass is 439 g/mol. The van der Waals surface area contributed by atoms with Crippen LogP contribution in [0.3, 0.4) is 0 Å². The quantitative estimate of drug-likeness (QED) is 0.394. The molecule has 0 radical (unpaired) electrons. The number of aryl methyl sites for hydroxylation is 2. The first-order valence-electron chi connectivity index (χ1n) is 10.3. The lowest BCUT2D eigenvalue weighted by Crippen LogP contribution is -2.12. The Bertz CT molecular complexity index is 1410. The molecule has 0 unspecified atom stereocenters. The molecule has 0 saturated heterocycles. The number of anilines is 1. The van der Waals surface area contributed by atoms with Gasteiger partial charge in [0.2, 0.25) is 0 Å². The number of benzene rings is 2. The molecule has 1 N–H and O–H groups in total. The summed E-state index contributed by atoms with van der Waals surface area (Å²) >= 11 is 1.48. The highest BCUT2D eigenvalue weighted by Gasteiger charge is 2.20. The second-order valence-electron chi connectivity index (χ2n) is 7.72. The lowest BCUT2D eigenvalue weighted by Gasteiger charge is -2.02. The normalized spacial score (nSPS) is 11.1. The van der Waals surface area contributed by atoms with Crippen molar-refractivity contribution >= 4 is 32.6 Å². The average Bonchev–Trinajstić information content (AvgIpc) is 3.39. The van der Waals surface area contributed by atoms with Crippen LogP contribution in [0.15, 0.2) is 73.2 Å². The van der Waals surface area contributed by atoms with Crippen molar-refractivity contribution in [3.05, 3.63) is 95.4 Å². The summed E-state index contributed by atoms with van der Waals surface area (Å²) in [4.78, 5) is 22.1. The van der Waals surface area contributed by atoms with Gasteiger partial charge in [0.05, 0.1) is 22.3 Å². The summed E-state index contributed by atoms with van der Waals surface area (Å²) in [5.74, 6) is -0.239. The van der Waals surface area contributed by atoms with E-state index in [1.54, 1.807) is 23.3 Å². The Hall–Kier alpha value is -3.84. The third-order valence-corrected chi connectivity index (χ3v) is 6.10. The van der Waals surface area contributed by atoms with E-state index >= 15 is 0 Å². The van der Waals surface area contributed by atoms with Crippen LogP contribution in [0, 0.1) is 13.8 Å². The number of amides is 1. The molecular weight excluding hydrogens is 418 g/mol. The van der Waals surface area contributed by atoms with Crippen molar-refractivity contribution in [2.45, 2.75) is 20.4 Å². The topological polar surface area (TPSA) is 72.7 Å². The summed E-state index contributed by atoms with van der Waals surface area (Å²) in [5.41, 5.74) is 6.18. The third-order valence-electron chi connectivity index (χ3n) is 5.18. The van der Waals surface area contributed by atoms with Gasteiger partial charge >= 0.3 is 0 Å². The van der Waals surface area contributed by atoms with Crippen LogP contribution < -0.4 is 5.32 Å². The second kappa shape index (κ2) is 8.36. The van der Waals surface area contributed by atoms with E-state index in [0.717, 1.165) is 26.9 Å². The van der Waals surface area contributed by atoms with Crippen molar-refractivity contribution in [3.63, 3.8) is 0 Å². The lowest BCUT2D eigenvalue weighted by atomic mass is 10.1. The molecule has 158 valence electrons. The molecule has 0 aliphatic heterocycles. The van der Waals surface area contributed by atoms with Gasteiger partial charge in [0, 0.05) is 24.2 Å². The lowest BCUT2D eigenvalue weighted by molar-refractivity contribution is 0.102. The largest absolute Gasteiger partial charge is 0.298 e. The first-order valence-corrected chi connectivity index (χ1v) is 11.1. The summed E-state index contributed by atoms with van der Waals surface area (Å²) in [5, 5.41) is 8.26. The third kappa shape index (κ3) is 4.02.